The van der Waals surface area contributed by atoms with Crippen molar-refractivity contribution in [2.24, 2.45) is 50.2 Å². The number of carbonyl (C=O) groups excluding carboxylic acids is 2. The number of amides is 1. The summed E-state index contributed by atoms with van der Waals surface area (Å²) in [6, 6.07) is 0. The van der Waals surface area contributed by atoms with Gasteiger partial charge in [-0.05, 0) is 90.9 Å². The van der Waals surface area contributed by atoms with Crippen LogP contribution in [0.15, 0.2) is 23.4 Å². The summed E-state index contributed by atoms with van der Waals surface area (Å²) in [6.07, 6.45) is 12.0. The maximum absolute atomic E-state index is 14.4. The van der Waals surface area contributed by atoms with Crippen LogP contribution in [0.2, 0.25) is 0 Å². The number of hydrogen-bond acceptors (Lipinski definition) is 5. The van der Waals surface area contributed by atoms with Crippen molar-refractivity contribution in [1.29, 1.82) is 0 Å². The maximum Gasteiger partial charge on any atom is 0.251 e. The highest BCUT2D eigenvalue weighted by Gasteiger charge is 2.69. The number of allylic oxidation sites excluding steroid dienone is 4. The van der Waals surface area contributed by atoms with E-state index in [1.165, 1.54) is 12.6 Å². The molecule has 6 heteroatoms. The number of nitrogens with one attached hydrogen (secondary N) is 1. The first-order valence-corrected chi connectivity index (χ1v) is 14.7. The van der Waals surface area contributed by atoms with Crippen LogP contribution >= 0.6 is 0 Å². The fourth-order valence-electron chi connectivity index (χ4n) is 10.7. The van der Waals surface area contributed by atoms with Crippen molar-refractivity contribution in [3.05, 3.63) is 23.4 Å². The van der Waals surface area contributed by atoms with Gasteiger partial charge in [-0.2, -0.15) is 0 Å². The number of fused-ring (bicyclic) bond motifs is 7. The Morgan fingerprint density at radius 2 is 1.71 bits per heavy atom. The standard InChI is InChI=1S/C32H50N2O4/c1-27(2)23-10-13-32(7)25(30(23,5)12-11-24(27)33-38-9)22(35)18-20-21-19-29(4,26(36)34(8)37)15-14-28(21,3)16-17-31(20,32)6/h11,18,21,23,25,33,37H,10,12-17,19H2,1-9H3/t21?,23?,25?,28-,29+,30+,31-,32-/m1/s1. The molecule has 0 radical (unpaired) electrons. The van der Waals surface area contributed by atoms with Gasteiger partial charge in [-0.3, -0.25) is 25.1 Å². The lowest BCUT2D eigenvalue weighted by Gasteiger charge is -2.69. The molecule has 3 fully saturated rings. The third kappa shape index (κ3) is 3.44. The molecule has 3 saturated carbocycles. The average Bonchev–Trinajstić information content (AvgIpc) is 2.82. The van der Waals surface area contributed by atoms with Crippen molar-refractivity contribution >= 4 is 11.7 Å². The summed E-state index contributed by atoms with van der Waals surface area (Å²) in [4.78, 5) is 32.9. The average molecular weight is 527 g/mol. The zero-order valence-electron chi connectivity index (χ0n) is 25.2. The molecular formula is C32H50N2O4. The van der Waals surface area contributed by atoms with Gasteiger partial charge in [0.15, 0.2) is 5.78 Å². The van der Waals surface area contributed by atoms with Crippen molar-refractivity contribution in [2.75, 3.05) is 14.2 Å². The third-order valence-electron chi connectivity index (χ3n) is 13.2. The number of hydroxylamine groups is 3. The van der Waals surface area contributed by atoms with E-state index in [0.29, 0.717) is 18.1 Å². The van der Waals surface area contributed by atoms with Crippen molar-refractivity contribution in [3.8, 4) is 0 Å². The van der Waals surface area contributed by atoms with Gasteiger partial charge in [0.25, 0.3) is 5.91 Å². The lowest BCUT2D eigenvalue weighted by atomic mass is 9.34. The van der Waals surface area contributed by atoms with E-state index in [2.05, 4.69) is 59.2 Å². The van der Waals surface area contributed by atoms with E-state index in [-0.39, 0.29) is 44.8 Å². The van der Waals surface area contributed by atoms with Crippen LogP contribution in [0.4, 0.5) is 0 Å². The monoisotopic (exact) mass is 526 g/mol. The van der Waals surface area contributed by atoms with Gasteiger partial charge in [-0.1, -0.05) is 60.1 Å². The minimum atomic E-state index is -0.611. The van der Waals surface area contributed by atoms with Gasteiger partial charge in [0, 0.05) is 29.5 Å². The number of ketones is 1. The second-order valence-corrected chi connectivity index (χ2v) is 15.4. The molecule has 0 heterocycles. The molecule has 0 saturated heterocycles. The summed E-state index contributed by atoms with van der Waals surface area (Å²) in [5, 5.41) is 10.8. The topological polar surface area (TPSA) is 78.9 Å². The molecule has 6 nitrogen and oxygen atoms in total. The molecule has 0 aromatic heterocycles. The molecule has 3 unspecified atom stereocenters. The molecule has 5 rings (SSSR count). The van der Waals surface area contributed by atoms with E-state index >= 15 is 0 Å². The summed E-state index contributed by atoms with van der Waals surface area (Å²) in [7, 11) is 3.11. The fourth-order valence-corrected chi connectivity index (χ4v) is 10.7. The van der Waals surface area contributed by atoms with Crippen molar-refractivity contribution in [2.45, 2.75) is 99.8 Å². The van der Waals surface area contributed by atoms with Crippen LogP contribution in [-0.4, -0.2) is 36.1 Å². The van der Waals surface area contributed by atoms with Crippen LogP contribution < -0.4 is 5.48 Å². The van der Waals surface area contributed by atoms with Crippen molar-refractivity contribution in [3.63, 3.8) is 0 Å². The molecule has 0 spiro atoms. The Balaban J connectivity index is 1.60. The molecule has 5 aliphatic rings. The molecule has 2 N–H and O–H groups in total. The SMILES string of the molecule is CONC1=CC[C@@]2(C)C(CC[C@]3(C)C2C(=O)C=C2C4C[C@@](C)(C(=O)N(C)O)CC[C@]4(C)CC[C@]23C)C1(C)C. The summed E-state index contributed by atoms with van der Waals surface area (Å²) >= 11 is 0. The molecule has 0 aromatic rings. The third-order valence-corrected chi connectivity index (χ3v) is 13.2. The zero-order chi connectivity index (χ0) is 28.1. The van der Waals surface area contributed by atoms with Gasteiger partial charge in [0.2, 0.25) is 0 Å². The van der Waals surface area contributed by atoms with Gasteiger partial charge >= 0.3 is 0 Å². The lowest BCUT2D eigenvalue weighted by molar-refractivity contribution is -0.182. The minimum Gasteiger partial charge on any atom is -0.295 e. The predicted molar refractivity (Wildman–Crippen MR) is 148 cm³/mol. The maximum atomic E-state index is 14.4. The normalized spacial score (nSPS) is 47.4. The first-order chi connectivity index (χ1) is 17.5. The van der Waals surface area contributed by atoms with E-state index in [4.69, 9.17) is 4.84 Å². The molecule has 1 amide bonds. The Hall–Kier alpha value is -1.66. The van der Waals surface area contributed by atoms with Gasteiger partial charge in [0.1, 0.15) is 0 Å². The largest absolute Gasteiger partial charge is 0.295 e. The number of rotatable bonds is 3. The van der Waals surface area contributed by atoms with Crippen LogP contribution in [0.3, 0.4) is 0 Å². The molecule has 8 atom stereocenters. The molecule has 0 bridgehead atoms. The van der Waals surface area contributed by atoms with Crippen molar-refractivity contribution < 1.29 is 19.6 Å². The highest BCUT2D eigenvalue weighted by atomic mass is 16.6. The molecule has 0 aromatic carbocycles. The number of nitrogens with zero attached hydrogens (tertiary/aromatic N) is 1. The fraction of sp³-hybridized carbons (Fsp3) is 0.812. The van der Waals surface area contributed by atoms with Crippen LogP contribution in [0, 0.1) is 50.2 Å². The highest BCUT2D eigenvalue weighted by Crippen LogP contribution is 2.75. The molecule has 212 valence electrons. The quantitative estimate of drug-likeness (QED) is 0.326. The number of hydrogen-bond donors (Lipinski definition) is 2. The predicted octanol–water partition coefficient (Wildman–Crippen LogP) is 6.46. The second kappa shape index (κ2) is 8.42. The first kappa shape index (κ1) is 27.9. The second-order valence-electron chi connectivity index (χ2n) is 15.4. The Morgan fingerprint density at radius 1 is 1.05 bits per heavy atom. The zero-order valence-corrected chi connectivity index (χ0v) is 25.2. The van der Waals surface area contributed by atoms with Crippen molar-refractivity contribution in [1.82, 2.24) is 10.5 Å². The smallest absolute Gasteiger partial charge is 0.251 e. The van der Waals surface area contributed by atoms with Gasteiger partial charge in [-0.25, -0.2) is 5.06 Å². The van der Waals surface area contributed by atoms with Crippen LogP contribution in [0.1, 0.15) is 99.8 Å². The summed E-state index contributed by atoms with van der Waals surface area (Å²) in [5.41, 5.74) is 4.58. The first-order valence-electron chi connectivity index (χ1n) is 14.7. The van der Waals surface area contributed by atoms with E-state index < -0.39 is 5.41 Å². The molecule has 38 heavy (non-hydrogen) atoms. The summed E-state index contributed by atoms with van der Waals surface area (Å²) in [5.74, 6) is 0.607. The Bertz CT molecular complexity index is 1110. The Labute approximate surface area is 229 Å². The molecule has 0 aliphatic heterocycles. The van der Waals surface area contributed by atoms with E-state index in [1.807, 2.05) is 6.92 Å². The van der Waals surface area contributed by atoms with Gasteiger partial charge < -0.3 is 0 Å². The molecule has 5 aliphatic carbocycles. The highest BCUT2D eigenvalue weighted by molar-refractivity contribution is 5.96. The number of carbonyl (C=O) groups is 2. The summed E-state index contributed by atoms with van der Waals surface area (Å²) in [6.45, 7) is 16.2. The van der Waals surface area contributed by atoms with E-state index in [1.54, 1.807) is 7.11 Å². The van der Waals surface area contributed by atoms with E-state index in [9.17, 15) is 14.8 Å². The lowest BCUT2D eigenvalue weighted by Crippen LogP contribution is -2.65. The Kier molecular flexibility index (Phi) is 6.18. The molecular weight excluding hydrogens is 476 g/mol. The van der Waals surface area contributed by atoms with Gasteiger partial charge in [0.05, 0.1) is 7.11 Å². The van der Waals surface area contributed by atoms with Crippen LogP contribution in [-0.2, 0) is 14.4 Å². The Morgan fingerprint density at radius 3 is 2.34 bits per heavy atom. The minimum absolute atomic E-state index is 0.0355. The van der Waals surface area contributed by atoms with Gasteiger partial charge in [-0.15, -0.1) is 0 Å². The van der Waals surface area contributed by atoms with Crippen LogP contribution in [0.25, 0.3) is 0 Å². The summed E-state index contributed by atoms with van der Waals surface area (Å²) < 4.78 is 0. The van der Waals surface area contributed by atoms with E-state index in [0.717, 1.165) is 55.7 Å². The van der Waals surface area contributed by atoms with Crippen LogP contribution in [0.5, 0.6) is 0 Å².